The van der Waals surface area contributed by atoms with Gasteiger partial charge < -0.3 is 0 Å². The molecular weight excluding hydrogens is 480 g/mol. The highest BCUT2D eigenvalue weighted by atomic mass is 14.3. The van der Waals surface area contributed by atoms with Crippen LogP contribution in [0.5, 0.6) is 0 Å². The molecule has 2 aliphatic carbocycles. The van der Waals surface area contributed by atoms with Crippen molar-refractivity contribution in [1.29, 1.82) is 0 Å². The van der Waals surface area contributed by atoms with Gasteiger partial charge in [0.05, 0.1) is 0 Å². The van der Waals surface area contributed by atoms with E-state index in [0.717, 1.165) is 12.8 Å². The topological polar surface area (TPSA) is 0 Å². The monoisotopic (exact) mass is 538 g/mol. The third-order valence-electron chi connectivity index (χ3n) is 8.65. The molecule has 0 unspecified atom stereocenters. The van der Waals surface area contributed by atoms with Crippen molar-refractivity contribution in [1.82, 2.24) is 0 Å². The van der Waals surface area contributed by atoms with Gasteiger partial charge in [0.1, 0.15) is 0 Å². The van der Waals surface area contributed by atoms with Crippen LogP contribution in [0.15, 0.2) is 117 Å². The Kier molecular flexibility index (Phi) is 13.4. The molecule has 0 radical (unpaired) electrons. The standard InChI is InChI=1S/C40H58/c1-31(19-13-21-33(3)25-27-37-35(5)23-15-29-39(37,7)8)17-11-12-18-32(2)20-14-22-34(4)26-28-38-36(6)24-16-30-40(38,9)10/h13-14,17-22,25-28H,11-12,15-16,23-24,29-30H2,1-10H3/b19-13-,20-14-,27-25+,28-26+,31-17-,32-18+,33-21+,34-22+. The highest BCUT2D eigenvalue weighted by Crippen LogP contribution is 2.41. The van der Waals surface area contributed by atoms with Gasteiger partial charge in [-0.2, -0.15) is 0 Å². The lowest BCUT2D eigenvalue weighted by Gasteiger charge is -2.33. The molecule has 0 saturated carbocycles. The minimum Gasteiger partial charge on any atom is -0.0813 e. The molecular formula is C40H58. The normalized spacial score (nSPS) is 21.8. The van der Waals surface area contributed by atoms with Gasteiger partial charge in [-0.1, -0.05) is 134 Å². The summed E-state index contributed by atoms with van der Waals surface area (Å²) in [7, 11) is 0. The number of rotatable bonds is 11. The summed E-state index contributed by atoms with van der Waals surface area (Å²) in [6, 6.07) is 0. The Labute approximate surface area is 248 Å². The Morgan fingerprint density at radius 2 is 0.950 bits per heavy atom. The van der Waals surface area contributed by atoms with Gasteiger partial charge in [-0.05, 0) is 115 Å². The molecule has 0 aliphatic heterocycles. The molecule has 0 saturated heterocycles. The maximum absolute atomic E-state index is 2.38. The molecule has 0 aromatic heterocycles. The summed E-state index contributed by atoms with van der Waals surface area (Å²) in [5.74, 6) is 0. The van der Waals surface area contributed by atoms with E-state index < -0.39 is 0 Å². The average Bonchev–Trinajstić information content (AvgIpc) is 2.85. The van der Waals surface area contributed by atoms with Crippen LogP contribution in [-0.2, 0) is 0 Å². The largest absolute Gasteiger partial charge is 0.0813 e. The quantitative estimate of drug-likeness (QED) is 0.181. The lowest BCUT2D eigenvalue weighted by molar-refractivity contribution is 0.376. The van der Waals surface area contributed by atoms with E-state index in [-0.39, 0.29) is 0 Å². The molecule has 0 amide bonds. The molecule has 0 aromatic carbocycles. The summed E-state index contributed by atoms with van der Waals surface area (Å²) < 4.78 is 0. The van der Waals surface area contributed by atoms with E-state index in [9.17, 15) is 0 Å². The summed E-state index contributed by atoms with van der Waals surface area (Å²) >= 11 is 0. The summed E-state index contributed by atoms with van der Waals surface area (Å²) in [4.78, 5) is 0. The summed E-state index contributed by atoms with van der Waals surface area (Å²) in [6.45, 7) is 22.9. The first-order valence-corrected chi connectivity index (χ1v) is 15.6. The Balaban J connectivity index is 1.82. The number of hydrogen-bond donors (Lipinski definition) is 0. The summed E-state index contributed by atoms with van der Waals surface area (Å²) in [5, 5.41) is 0. The molecule has 2 aliphatic rings. The number of hydrogen-bond acceptors (Lipinski definition) is 0. The zero-order valence-corrected chi connectivity index (χ0v) is 27.6. The minimum absolute atomic E-state index is 0.299. The molecule has 0 heteroatoms. The lowest BCUT2D eigenvalue weighted by atomic mass is 9.72. The zero-order chi connectivity index (χ0) is 29.8. The predicted molar refractivity (Wildman–Crippen MR) is 181 cm³/mol. The number of allylic oxidation sites excluding steroid dienone is 20. The van der Waals surface area contributed by atoms with Crippen molar-refractivity contribution in [2.75, 3.05) is 0 Å². The third kappa shape index (κ3) is 11.5. The van der Waals surface area contributed by atoms with Crippen LogP contribution >= 0.6 is 0 Å². The summed E-state index contributed by atoms with van der Waals surface area (Å²) in [5.41, 5.74) is 12.0. The minimum atomic E-state index is 0.299. The smallest absolute Gasteiger partial charge is 0.0104 e. The third-order valence-corrected chi connectivity index (χ3v) is 8.65. The van der Waals surface area contributed by atoms with Crippen LogP contribution < -0.4 is 0 Å². The van der Waals surface area contributed by atoms with Crippen molar-refractivity contribution in [3.8, 4) is 0 Å². The lowest BCUT2D eigenvalue weighted by Crippen LogP contribution is -2.19. The molecule has 0 fully saturated rings. The Morgan fingerprint density at radius 1 is 0.575 bits per heavy atom. The first kappa shape index (κ1) is 33.6. The van der Waals surface area contributed by atoms with Crippen LogP contribution in [0.25, 0.3) is 0 Å². The molecule has 0 atom stereocenters. The van der Waals surface area contributed by atoms with Crippen LogP contribution in [-0.4, -0.2) is 0 Å². The van der Waals surface area contributed by atoms with Gasteiger partial charge in [0, 0.05) is 0 Å². The van der Waals surface area contributed by atoms with Crippen molar-refractivity contribution in [2.45, 2.75) is 121 Å². The molecule has 40 heavy (non-hydrogen) atoms. The molecule has 0 heterocycles. The molecule has 0 nitrogen and oxygen atoms in total. The fourth-order valence-electron chi connectivity index (χ4n) is 6.02. The van der Waals surface area contributed by atoms with Crippen LogP contribution in [0, 0.1) is 10.8 Å². The summed E-state index contributed by atoms with van der Waals surface area (Å²) in [6.07, 6.45) is 37.0. The van der Waals surface area contributed by atoms with Crippen molar-refractivity contribution in [2.24, 2.45) is 10.8 Å². The van der Waals surface area contributed by atoms with Crippen molar-refractivity contribution < 1.29 is 0 Å². The first-order chi connectivity index (χ1) is 18.8. The van der Waals surface area contributed by atoms with Crippen molar-refractivity contribution in [3.63, 3.8) is 0 Å². The van der Waals surface area contributed by atoms with Gasteiger partial charge in [0.15, 0.2) is 0 Å². The molecule has 0 N–H and O–H groups in total. The van der Waals surface area contributed by atoms with E-state index >= 15 is 0 Å². The van der Waals surface area contributed by atoms with Gasteiger partial charge >= 0.3 is 0 Å². The SMILES string of the molecule is CC1=C(/C=C/C(C)=C/C=C\C(C)=C/CC/C=C(C)/C=C\C=C(C)\C=C\C2=C(C)CCCC2(C)C)C(C)(C)CCC1. The van der Waals surface area contributed by atoms with E-state index in [4.69, 9.17) is 0 Å². The van der Waals surface area contributed by atoms with Crippen LogP contribution in [0.4, 0.5) is 0 Å². The fourth-order valence-corrected chi connectivity index (χ4v) is 6.02. The zero-order valence-electron chi connectivity index (χ0n) is 27.6. The molecule has 218 valence electrons. The molecule has 0 bridgehead atoms. The number of unbranched alkanes of at least 4 members (excludes halogenated alkanes) is 1. The molecule has 0 aromatic rings. The second kappa shape index (κ2) is 16.0. The molecule has 2 rings (SSSR count). The van der Waals surface area contributed by atoms with Crippen molar-refractivity contribution in [3.05, 3.63) is 117 Å². The highest BCUT2D eigenvalue weighted by molar-refractivity contribution is 5.38. The maximum atomic E-state index is 2.38. The van der Waals surface area contributed by atoms with E-state index in [1.165, 1.54) is 72.0 Å². The Morgan fingerprint density at radius 3 is 1.30 bits per heavy atom. The van der Waals surface area contributed by atoms with E-state index in [0.29, 0.717) is 10.8 Å². The van der Waals surface area contributed by atoms with Gasteiger partial charge in [0.25, 0.3) is 0 Å². The van der Waals surface area contributed by atoms with E-state index in [1.54, 1.807) is 11.1 Å². The van der Waals surface area contributed by atoms with E-state index in [1.807, 2.05) is 0 Å². The van der Waals surface area contributed by atoms with Crippen LogP contribution in [0.2, 0.25) is 0 Å². The second-order valence-electron chi connectivity index (χ2n) is 13.5. The Hall–Kier alpha value is -2.60. The predicted octanol–water partition coefficient (Wildman–Crippen LogP) is 12.8. The van der Waals surface area contributed by atoms with Gasteiger partial charge in [-0.25, -0.2) is 0 Å². The molecule has 0 spiro atoms. The van der Waals surface area contributed by atoms with Gasteiger partial charge in [-0.3, -0.25) is 0 Å². The van der Waals surface area contributed by atoms with E-state index in [2.05, 4.69) is 142 Å². The first-order valence-electron chi connectivity index (χ1n) is 15.6. The van der Waals surface area contributed by atoms with Crippen LogP contribution in [0.1, 0.15) is 121 Å². The van der Waals surface area contributed by atoms with Gasteiger partial charge in [-0.15, -0.1) is 0 Å². The van der Waals surface area contributed by atoms with Crippen LogP contribution in [0.3, 0.4) is 0 Å². The fraction of sp³-hybridized carbons (Fsp3) is 0.500. The maximum Gasteiger partial charge on any atom is -0.0104 e. The highest BCUT2D eigenvalue weighted by Gasteiger charge is 2.27. The Bertz CT molecular complexity index is 1070. The average molecular weight is 539 g/mol. The second-order valence-corrected chi connectivity index (χ2v) is 13.5. The van der Waals surface area contributed by atoms with Crippen molar-refractivity contribution >= 4 is 0 Å². The van der Waals surface area contributed by atoms with Gasteiger partial charge in [0.2, 0.25) is 0 Å².